The number of amides is 2. The maximum atomic E-state index is 12.3. The highest BCUT2D eigenvalue weighted by Gasteiger charge is 2.25. The normalized spacial score (nSPS) is 15.3. The van der Waals surface area contributed by atoms with E-state index in [0.717, 1.165) is 0 Å². The molecular formula is C15H18N4O2. The second kappa shape index (κ2) is 5.47. The molecule has 110 valence electrons. The van der Waals surface area contributed by atoms with Crippen LogP contribution in [0.25, 0.3) is 0 Å². The number of aromatic amines is 1. The maximum absolute atomic E-state index is 12.3. The van der Waals surface area contributed by atoms with E-state index in [0.29, 0.717) is 37.4 Å². The molecule has 0 aromatic carbocycles. The Labute approximate surface area is 123 Å². The molecule has 2 amide bonds. The maximum Gasteiger partial charge on any atom is 0.270 e. The van der Waals surface area contributed by atoms with Gasteiger partial charge >= 0.3 is 0 Å². The van der Waals surface area contributed by atoms with E-state index in [-0.39, 0.29) is 11.8 Å². The molecule has 1 aliphatic rings. The summed E-state index contributed by atoms with van der Waals surface area (Å²) in [6.45, 7) is 2.27. The van der Waals surface area contributed by atoms with Gasteiger partial charge in [0, 0.05) is 51.8 Å². The highest BCUT2D eigenvalue weighted by atomic mass is 16.2. The van der Waals surface area contributed by atoms with Gasteiger partial charge in [-0.25, -0.2) is 0 Å². The summed E-state index contributed by atoms with van der Waals surface area (Å²) in [5.41, 5.74) is 1.29. The standard InChI is InChI=1S/C15H18N4O2/c1-17-6-4-12(11-17)14(20)18-7-9-19(10-8-18)15(21)13-3-2-5-16-13/h2-6,11,16H,7-10H2,1H3. The minimum Gasteiger partial charge on any atom is -0.357 e. The average Bonchev–Trinajstić information content (AvgIpc) is 3.17. The van der Waals surface area contributed by atoms with E-state index < -0.39 is 0 Å². The highest BCUT2D eigenvalue weighted by Crippen LogP contribution is 2.11. The lowest BCUT2D eigenvalue weighted by molar-refractivity contribution is 0.0532. The number of hydrogen-bond donors (Lipinski definition) is 1. The molecule has 2 aromatic heterocycles. The zero-order valence-corrected chi connectivity index (χ0v) is 12.0. The molecule has 1 N–H and O–H groups in total. The van der Waals surface area contributed by atoms with Crippen LogP contribution >= 0.6 is 0 Å². The number of aromatic nitrogens is 2. The van der Waals surface area contributed by atoms with Gasteiger partial charge in [-0.15, -0.1) is 0 Å². The van der Waals surface area contributed by atoms with E-state index >= 15 is 0 Å². The molecule has 1 aliphatic heterocycles. The predicted molar refractivity (Wildman–Crippen MR) is 78.0 cm³/mol. The van der Waals surface area contributed by atoms with Gasteiger partial charge in [-0.3, -0.25) is 9.59 Å². The van der Waals surface area contributed by atoms with Crippen LogP contribution in [0.15, 0.2) is 36.8 Å². The summed E-state index contributed by atoms with van der Waals surface area (Å²) in [7, 11) is 1.89. The molecule has 6 heteroatoms. The van der Waals surface area contributed by atoms with Gasteiger partial charge in [-0.1, -0.05) is 0 Å². The number of aryl methyl sites for hydroxylation is 1. The first kappa shape index (κ1) is 13.5. The first-order chi connectivity index (χ1) is 10.1. The van der Waals surface area contributed by atoms with Crippen LogP contribution in [-0.4, -0.2) is 57.3 Å². The van der Waals surface area contributed by atoms with Crippen molar-refractivity contribution < 1.29 is 9.59 Å². The van der Waals surface area contributed by atoms with Crippen molar-refractivity contribution in [1.82, 2.24) is 19.4 Å². The van der Waals surface area contributed by atoms with Gasteiger partial charge in [0.05, 0.1) is 5.56 Å². The Balaban J connectivity index is 1.60. The zero-order valence-electron chi connectivity index (χ0n) is 12.0. The van der Waals surface area contributed by atoms with Crippen molar-refractivity contribution in [2.45, 2.75) is 0 Å². The Hall–Kier alpha value is -2.50. The van der Waals surface area contributed by atoms with Gasteiger partial charge in [0.25, 0.3) is 11.8 Å². The lowest BCUT2D eigenvalue weighted by Crippen LogP contribution is -2.50. The predicted octanol–water partition coefficient (Wildman–Crippen LogP) is 0.951. The molecule has 21 heavy (non-hydrogen) atoms. The molecule has 1 saturated heterocycles. The minimum absolute atomic E-state index is 0.00758. The quantitative estimate of drug-likeness (QED) is 0.893. The second-order valence-electron chi connectivity index (χ2n) is 5.23. The Morgan fingerprint density at radius 1 is 1.05 bits per heavy atom. The topological polar surface area (TPSA) is 61.3 Å². The molecule has 2 aromatic rings. The molecule has 1 fully saturated rings. The van der Waals surface area contributed by atoms with Gasteiger partial charge in [0.15, 0.2) is 0 Å². The summed E-state index contributed by atoms with van der Waals surface area (Å²) >= 11 is 0. The van der Waals surface area contributed by atoms with Crippen LogP contribution < -0.4 is 0 Å². The molecule has 0 unspecified atom stereocenters. The molecule has 0 bridgehead atoms. The molecule has 0 atom stereocenters. The van der Waals surface area contributed by atoms with Crippen molar-refractivity contribution in [1.29, 1.82) is 0 Å². The number of piperazine rings is 1. The van der Waals surface area contributed by atoms with Gasteiger partial charge < -0.3 is 19.4 Å². The van der Waals surface area contributed by atoms with Crippen molar-refractivity contribution in [2.75, 3.05) is 26.2 Å². The number of carbonyl (C=O) groups is 2. The Bertz CT molecular complexity index is 636. The third kappa shape index (κ3) is 2.69. The van der Waals surface area contributed by atoms with Crippen molar-refractivity contribution in [2.24, 2.45) is 7.05 Å². The fourth-order valence-electron chi connectivity index (χ4n) is 2.56. The van der Waals surface area contributed by atoms with E-state index in [1.807, 2.05) is 36.1 Å². The fraction of sp³-hybridized carbons (Fsp3) is 0.333. The van der Waals surface area contributed by atoms with Gasteiger partial charge in [-0.05, 0) is 18.2 Å². The third-order valence-electron chi connectivity index (χ3n) is 3.76. The molecule has 3 rings (SSSR count). The average molecular weight is 286 g/mol. The molecule has 3 heterocycles. The summed E-state index contributed by atoms with van der Waals surface area (Å²) in [5, 5.41) is 0. The number of carbonyl (C=O) groups excluding carboxylic acids is 2. The summed E-state index contributed by atoms with van der Waals surface area (Å²) in [6.07, 6.45) is 5.42. The van der Waals surface area contributed by atoms with Crippen LogP contribution in [0, 0.1) is 0 Å². The van der Waals surface area contributed by atoms with Crippen LogP contribution in [0.3, 0.4) is 0 Å². The smallest absolute Gasteiger partial charge is 0.270 e. The lowest BCUT2D eigenvalue weighted by atomic mass is 10.2. The van der Waals surface area contributed by atoms with E-state index in [2.05, 4.69) is 4.98 Å². The molecule has 0 aliphatic carbocycles. The van der Waals surface area contributed by atoms with Crippen molar-refractivity contribution in [3.63, 3.8) is 0 Å². The zero-order chi connectivity index (χ0) is 14.8. The highest BCUT2D eigenvalue weighted by molar-refractivity contribution is 5.95. The monoisotopic (exact) mass is 286 g/mol. The minimum atomic E-state index is -0.00758. The van der Waals surface area contributed by atoms with Crippen LogP contribution in [0.4, 0.5) is 0 Å². The van der Waals surface area contributed by atoms with Crippen molar-refractivity contribution in [3.05, 3.63) is 48.0 Å². The number of nitrogens with zero attached hydrogens (tertiary/aromatic N) is 3. The van der Waals surface area contributed by atoms with Crippen LogP contribution in [0.1, 0.15) is 20.8 Å². The number of H-pyrrole nitrogens is 1. The lowest BCUT2D eigenvalue weighted by Gasteiger charge is -2.34. The summed E-state index contributed by atoms with van der Waals surface area (Å²) in [5.74, 6) is 0.0226. The molecule has 0 radical (unpaired) electrons. The Kier molecular flexibility index (Phi) is 3.51. The molecule has 0 spiro atoms. The van der Waals surface area contributed by atoms with Gasteiger partial charge in [-0.2, -0.15) is 0 Å². The summed E-state index contributed by atoms with van der Waals surface area (Å²) < 4.78 is 1.86. The van der Waals surface area contributed by atoms with Crippen molar-refractivity contribution in [3.8, 4) is 0 Å². The third-order valence-corrected chi connectivity index (χ3v) is 3.76. The van der Waals surface area contributed by atoms with Gasteiger partial charge in [0.2, 0.25) is 0 Å². The number of nitrogens with one attached hydrogen (secondary N) is 1. The van der Waals surface area contributed by atoms with Crippen LogP contribution in [-0.2, 0) is 7.05 Å². The number of hydrogen-bond acceptors (Lipinski definition) is 2. The van der Waals surface area contributed by atoms with E-state index in [4.69, 9.17) is 0 Å². The van der Waals surface area contributed by atoms with Gasteiger partial charge in [0.1, 0.15) is 5.69 Å². The van der Waals surface area contributed by atoms with E-state index in [1.54, 1.807) is 22.1 Å². The van der Waals surface area contributed by atoms with Crippen LogP contribution in [0.2, 0.25) is 0 Å². The molecular weight excluding hydrogens is 268 g/mol. The summed E-state index contributed by atoms with van der Waals surface area (Å²) in [6, 6.07) is 5.39. The van der Waals surface area contributed by atoms with Crippen LogP contribution in [0.5, 0.6) is 0 Å². The molecule has 0 saturated carbocycles. The number of rotatable bonds is 2. The Morgan fingerprint density at radius 3 is 2.24 bits per heavy atom. The first-order valence-electron chi connectivity index (χ1n) is 6.99. The van der Waals surface area contributed by atoms with Crippen molar-refractivity contribution >= 4 is 11.8 Å². The first-order valence-corrected chi connectivity index (χ1v) is 6.99. The van der Waals surface area contributed by atoms with E-state index in [1.165, 1.54) is 0 Å². The Morgan fingerprint density at radius 2 is 1.71 bits per heavy atom. The largest absolute Gasteiger partial charge is 0.357 e. The fourth-order valence-corrected chi connectivity index (χ4v) is 2.56. The van der Waals surface area contributed by atoms with E-state index in [9.17, 15) is 9.59 Å². The molecule has 6 nitrogen and oxygen atoms in total. The SMILES string of the molecule is Cn1ccc(C(=O)N2CCN(C(=O)c3ccc[nH]3)CC2)c1. The second-order valence-corrected chi connectivity index (χ2v) is 5.23. The summed E-state index contributed by atoms with van der Waals surface area (Å²) in [4.78, 5) is 31.0.